The van der Waals surface area contributed by atoms with Crippen molar-refractivity contribution in [3.63, 3.8) is 0 Å². The van der Waals surface area contributed by atoms with Gasteiger partial charge in [0.1, 0.15) is 5.82 Å². The van der Waals surface area contributed by atoms with E-state index in [9.17, 15) is 0 Å². The van der Waals surface area contributed by atoms with Crippen molar-refractivity contribution in [3.8, 4) is 17.2 Å². The Morgan fingerprint density at radius 2 is 1.59 bits per heavy atom. The molecule has 4 aromatic rings. The van der Waals surface area contributed by atoms with Crippen molar-refractivity contribution in [2.24, 2.45) is 0 Å². The first kappa shape index (κ1) is 23.3. The van der Waals surface area contributed by atoms with Crippen molar-refractivity contribution in [3.05, 3.63) is 113 Å². The third-order valence-electron chi connectivity index (χ3n) is 5.38. The van der Waals surface area contributed by atoms with E-state index in [-0.39, 0.29) is 12.4 Å². The molecular formula is C27H27ClN4. The fourth-order valence-electron chi connectivity index (χ4n) is 3.71. The number of benzene rings is 3. The molecule has 4 nitrogen and oxygen atoms in total. The molecule has 1 aromatic heterocycles. The van der Waals surface area contributed by atoms with Crippen LogP contribution in [0, 0.1) is 11.3 Å². The lowest BCUT2D eigenvalue weighted by molar-refractivity contribution is 0.728. The second-order valence-electron chi connectivity index (χ2n) is 7.65. The van der Waals surface area contributed by atoms with Gasteiger partial charge < -0.3 is 10.3 Å². The minimum atomic E-state index is 0. The third-order valence-corrected chi connectivity index (χ3v) is 5.38. The number of aromatic nitrogens is 2. The van der Waals surface area contributed by atoms with Crippen molar-refractivity contribution in [1.29, 1.82) is 5.26 Å². The van der Waals surface area contributed by atoms with E-state index in [2.05, 4.69) is 76.8 Å². The minimum Gasteiger partial charge on any atom is -0.345 e. The summed E-state index contributed by atoms with van der Waals surface area (Å²) in [5.41, 5.74) is 7.98. The van der Waals surface area contributed by atoms with Gasteiger partial charge in [-0.15, -0.1) is 12.4 Å². The van der Waals surface area contributed by atoms with Crippen LogP contribution in [0.5, 0.6) is 0 Å². The highest BCUT2D eigenvalue weighted by Crippen LogP contribution is 2.24. The number of H-pyrrole nitrogens is 1. The maximum absolute atomic E-state index is 8.92. The van der Waals surface area contributed by atoms with E-state index in [1.807, 2.05) is 30.5 Å². The normalized spacial score (nSPS) is 10.4. The van der Waals surface area contributed by atoms with Crippen LogP contribution in [0.2, 0.25) is 0 Å². The lowest BCUT2D eigenvalue weighted by atomic mass is 9.98. The summed E-state index contributed by atoms with van der Waals surface area (Å²) in [6, 6.07) is 27.2. The molecule has 0 aliphatic rings. The summed E-state index contributed by atoms with van der Waals surface area (Å²) in [6.45, 7) is 3.97. The minimum absolute atomic E-state index is 0. The molecule has 0 amide bonds. The maximum atomic E-state index is 8.92. The number of hydrogen-bond acceptors (Lipinski definition) is 3. The predicted octanol–water partition coefficient (Wildman–Crippen LogP) is 5.66. The van der Waals surface area contributed by atoms with E-state index in [1.54, 1.807) is 0 Å². The highest BCUT2D eigenvalue weighted by atomic mass is 35.5. The van der Waals surface area contributed by atoms with E-state index < -0.39 is 0 Å². The van der Waals surface area contributed by atoms with Crippen molar-refractivity contribution in [2.45, 2.75) is 26.3 Å². The number of aromatic amines is 1. The van der Waals surface area contributed by atoms with Gasteiger partial charge in [-0.3, -0.25) is 0 Å². The Labute approximate surface area is 195 Å². The van der Waals surface area contributed by atoms with Gasteiger partial charge in [0, 0.05) is 31.3 Å². The van der Waals surface area contributed by atoms with Crippen LogP contribution in [0.1, 0.15) is 40.7 Å². The van der Waals surface area contributed by atoms with Crippen LogP contribution < -0.4 is 5.32 Å². The number of hydrogen-bond donors (Lipinski definition) is 2. The standard InChI is InChI=1S/C27H26N4.ClH/c1-2-29-18-24-5-3-4-6-26(24)23-13-11-21(12-14-23)16-27-30-19-25(31-27)15-20-7-9-22(17-28)10-8-20;/h3-14,19,29H,2,15-16,18H2,1H3,(H,30,31);1H. The Morgan fingerprint density at radius 3 is 2.31 bits per heavy atom. The number of halogens is 1. The average Bonchev–Trinajstić information content (AvgIpc) is 3.25. The SMILES string of the molecule is CCNCc1ccccc1-c1ccc(Cc2ncc(Cc3ccc(C#N)cc3)[nH]2)cc1.Cl. The molecule has 3 aromatic carbocycles. The van der Waals surface area contributed by atoms with Crippen LogP contribution in [0.3, 0.4) is 0 Å². The molecule has 0 spiro atoms. The summed E-state index contributed by atoms with van der Waals surface area (Å²) in [4.78, 5) is 7.99. The molecule has 0 bridgehead atoms. The zero-order chi connectivity index (χ0) is 21.5. The van der Waals surface area contributed by atoms with Gasteiger partial charge >= 0.3 is 0 Å². The molecule has 0 aliphatic heterocycles. The Balaban J connectivity index is 0.00000289. The van der Waals surface area contributed by atoms with E-state index >= 15 is 0 Å². The number of nitrogens with zero attached hydrogens (tertiary/aromatic N) is 2. The van der Waals surface area contributed by atoms with E-state index in [1.165, 1.54) is 22.3 Å². The zero-order valence-corrected chi connectivity index (χ0v) is 19.0. The zero-order valence-electron chi connectivity index (χ0n) is 18.1. The molecule has 2 N–H and O–H groups in total. The molecule has 32 heavy (non-hydrogen) atoms. The first-order chi connectivity index (χ1) is 15.2. The van der Waals surface area contributed by atoms with Gasteiger partial charge in [0.15, 0.2) is 0 Å². The summed E-state index contributed by atoms with van der Waals surface area (Å²) in [5, 5.41) is 12.3. The molecule has 0 unspecified atom stereocenters. The van der Waals surface area contributed by atoms with Gasteiger partial charge in [-0.05, 0) is 46.5 Å². The molecular weight excluding hydrogens is 416 g/mol. The molecule has 0 radical (unpaired) electrons. The molecule has 0 saturated carbocycles. The number of nitrogens with one attached hydrogen (secondary N) is 2. The summed E-state index contributed by atoms with van der Waals surface area (Å²) in [6.07, 6.45) is 3.45. The van der Waals surface area contributed by atoms with Crippen LogP contribution in [0.4, 0.5) is 0 Å². The summed E-state index contributed by atoms with van der Waals surface area (Å²) < 4.78 is 0. The van der Waals surface area contributed by atoms with Gasteiger partial charge in [0.25, 0.3) is 0 Å². The number of rotatable bonds is 8. The van der Waals surface area contributed by atoms with Crippen molar-refractivity contribution >= 4 is 12.4 Å². The average molecular weight is 443 g/mol. The smallest absolute Gasteiger partial charge is 0.110 e. The van der Waals surface area contributed by atoms with Crippen LogP contribution in [-0.2, 0) is 19.4 Å². The second kappa shape index (κ2) is 11.3. The molecule has 0 aliphatic carbocycles. The summed E-state index contributed by atoms with van der Waals surface area (Å²) >= 11 is 0. The lowest BCUT2D eigenvalue weighted by Crippen LogP contribution is -2.12. The van der Waals surface area contributed by atoms with Crippen LogP contribution >= 0.6 is 12.4 Å². The Kier molecular flexibility index (Phi) is 8.21. The molecule has 0 atom stereocenters. The fourth-order valence-corrected chi connectivity index (χ4v) is 3.71. The van der Waals surface area contributed by atoms with Gasteiger partial charge in [-0.2, -0.15) is 5.26 Å². The summed E-state index contributed by atoms with van der Waals surface area (Å²) in [5.74, 6) is 0.962. The van der Waals surface area contributed by atoms with Gasteiger partial charge in [0.2, 0.25) is 0 Å². The van der Waals surface area contributed by atoms with Gasteiger partial charge in [-0.1, -0.05) is 67.6 Å². The van der Waals surface area contributed by atoms with Crippen LogP contribution in [0.15, 0.2) is 79.0 Å². The Morgan fingerprint density at radius 1 is 0.906 bits per heavy atom. The topological polar surface area (TPSA) is 64.5 Å². The van der Waals surface area contributed by atoms with Gasteiger partial charge in [-0.25, -0.2) is 4.98 Å². The first-order valence-corrected chi connectivity index (χ1v) is 10.6. The molecule has 1 heterocycles. The van der Waals surface area contributed by atoms with E-state index in [0.29, 0.717) is 5.56 Å². The maximum Gasteiger partial charge on any atom is 0.110 e. The van der Waals surface area contributed by atoms with Crippen molar-refractivity contribution in [1.82, 2.24) is 15.3 Å². The largest absolute Gasteiger partial charge is 0.345 e. The summed E-state index contributed by atoms with van der Waals surface area (Å²) in [7, 11) is 0. The van der Waals surface area contributed by atoms with Crippen molar-refractivity contribution in [2.75, 3.05) is 6.54 Å². The number of nitriles is 1. The first-order valence-electron chi connectivity index (χ1n) is 10.6. The lowest BCUT2D eigenvalue weighted by Gasteiger charge is -2.11. The van der Waals surface area contributed by atoms with Crippen LogP contribution in [0.25, 0.3) is 11.1 Å². The van der Waals surface area contributed by atoms with Crippen molar-refractivity contribution < 1.29 is 0 Å². The number of imidazole rings is 1. The third kappa shape index (κ3) is 5.85. The predicted molar refractivity (Wildman–Crippen MR) is 132 cm³/mol. The van der Waals surface area contributed by atoms with E-state index in [0.717, 1.165) is 43.0 Å². The second-order valence-corrected chi connectivity index (χ2v) is 7.65. The quantitative estimate of drug-likeness (QED) is 0.370. The Bertz CT molecular complexity index is 1170. The highest BCUT2D eigenvalue weighted by Gasteiger charge is 2.07. The monoisotopic (exact) mass is 442 g/mol. The fraction of sp³-hybridized carbons (Fsp3) is 0.185. The van der Waals surface area contributed by atoms with Gasteiger partial charge in [0.05, 0.1) is 11.6 Å². The molecule has 0 saturated heterocycles. The molecule has 162 valence electrons. The molecule has 0 fully saturated rings. The highest BCUT2D eigenvalue weighted by molar-refractivity contribution is 5.85. The molecule has 4 rings (SSSR count). The Hall–Kier alpha value is -3.39. The van der Waals surface area contributed by atoms with Crippen LogP contribution in [-0.4, -0.2) is 16.5 Å². The molecule has 5 heteroatoms. The van der Waals surface area contributed by atoms with E-state index in [4.69, 9.17) is 5.26 Å².